The number of carbonyl (C=O) groups excluding carboxylic acids is 1. The molecule has 2 fully saturated rings. The van der Waals surface area contributed by atoms with Crippen LogP contribution in [0.3, 0.4) is 0 Å². The van der Waals surface area contributed by atoms with Crippen LogP contribution in [0.15, 0.2) is 33.5 Å². The minimum absolute atomic E-state index is 0. The fourth-order valence-corrected chi connectivity index (χ4v) is 4.31. The number of nitrogens with zero attached hydrogens (tertiary/aromatic N) is 1. The Balaban J connectivity index is 0.00000256. The quantitative estimate of drug-likeness (QED) is 0.742. The van der Waals surface area contributed by atoms with Crippen molar-refractivity contribution < 1.29 is 18.7 Å². The van der Waals surface area contributed by atoms with Gasteiger partial charge in [0.2, 0.25) is 0 Å². The lowest BCUT2D eigenvalue weighted by Gasteiger charge is -2.45. The zero-order valence-electron chi connectivity index (χ0n) is 17.4. The standard InChI is InChI=1S/C22H28N2O5.ClH/c1-3-16-12-20(25)29-19-13-17(4-5-18(16)19)28-15(2)21(26)24-10-11-27-22(14-24)6-8-23-9-7-22;/h4-5,12-13,15,23H,3,6-11,14H2,1-2H3;1H. The topological polar surface area (TPSA) is 81.0 Å². The molecule has 2 aliphatic rings. The molecule has 2 aliphatic heterocycles. The number of amides is 1. The van der Waals surface area contributed by atoms with Crippen LogP contribution >= 0.6 is 12.4 Å². The summed E-state index contributed by atoms with van der Waals surface area (Å²) < 4.78 is 17.3. The van der Waals surface area contributed by atoms with Gasteiger partial charge in [-0.05, 0) is 57.0 Å². The minimum atomic E-state index is -0.634. The molecule has 1 aromatic carbocycles. The van der Waals surface area contributed by atoms with Crippen molar-refractivity contribution in [2.45, 2.75) is 44.8 Å². The number of rotatable bonds is 4. The van der Waals surface area contributed by atoms with E-state index in [1.54, 1.807) is 13.0 Å². The number of carbonyl (C=O) groups is 1. The molecule has 1 spiro atoms. The van der Waals surface area contributed by atoms with E-state index in [4.69, 9.17) is 13.9 Å². The number of nitrogens with one attached hydrogen (secondary N) is 1. The SMILES string of the molecule is CCc1cc(=O)oc2cc(OC(C)C(=O)N3CCOC4(CCNCC4)C3)ccc12.Cl. The Morgan fingerprint density at radius 3 is 2.80 bits per heavy atom. The van der Waals surface area contributed by atoms with Crippen LogP contribution in [0.4, 0.5) is 0 Å². The fourth-order valence-electron chi connectivity index (χ4n) is 4.31. The van der Waals surface area contributed by atoms with E-state index in [-0.39, 0.29) is 29.5 Å². The maximum atomic E-state index is 13.0. The Bertz CT molecular complexity index is 949. The summed E-state index contributed by atoms with van der Waals surface area (Å²) in [7, 11) is 0. The lowest BCUT2D eigenvalue weighted by Crippen LogP contribution is -2.59. The number of morpholine rings is 1. The minimum Gasteiger partial charge on any atom is -0.481 e. The molecule has 30 heavy (non-hydrogen) atoms. The van der Waals surface area contributed by atoms with Gasteiger partial charge in [-0.1, -0.05) is 6.92 Å². The first-order valence-corrected chi connectivity index (χ1v) is 10.4. The molecule has 0 aliphatic carbocycles. The van der Waals surface area contributed by atoms with Gasteiger partial charge >= 0.3 is 5.63 Å². The molecular formula is C22H29ClN2O5. The van der Waals surface area contributed by atoms with Crippen molar-refractivity contribution in [2.24, 2.45) is 0 Å². The van der Waals surface area contributed by atoms with Crippen molar-refractivity contribution in [1.82, 2.24) is 10.2 Å². The zero-order valence-corrected chi connectivity index (χ0v) is 18.3. The Morgan fingerprint density at radius 1 is 1.30 bits per heavy atom. The van der Waals surface area contributed by atoms with Crippen LogP contribution in [0, 0.1) is 0 Å². The van der Waals surface area contributed by atoms with Crippen LogP contribution < -0.4 is 15.7 Å². The molecule has 1 unspecified atom stereocenters. The summed E-state index contributed by atoms with van der Waals surface area (Å²) >= 11 is 0. The van der Waals surface area contributed by atoms with Crippen LogP contribution in [0.25, 0.3) is 11.0 Å². The van der Waals surface area contributed by atoms with Gasteiger partial charge in [0.25, 0.3) is 5.91 Å². The van der Waals surface area contributed by atoms with E-state index >= 15 is 0 Å². The highest BCUT2D eigenvalue weighted by Crippen LogP contribution is 2.28. The molecule has 7 nitrogen and oxygen atoms in total. The van der Waals surface area contributed by atoms with Gasteiger partial charge in [-0.25, -0.2) is 4.79 Å². The highest BCUT2D eigenvalue weighted by atomic mass is 35.5. The Kier molecular flexibility index (Phi) is 7.06. The monoisotopic (exact) mass is 436 g/mol. The predicted molar refractivity (Wildman–Crippen MR) is 117 cm³/mol. The molecule has 0 bridgehead atoms. The molecular weight excluding hydrogens is 408 g/mol. The number of ether oxygens (including phenoxy) is 2. The molecule has 3 heterocycles. The van der Waals surface area contributed by atoms with Gasteiger partial charge in [-0.15, -0.1) is 12.4 Å². The number of halogens is 1. The number of hydrogen-bond acceptors (Lipinski definition) is 6. The van der Waals surface area contributed by atoms with Crippen LogP contribution in [0.2, 0.25) is 0 Å². The van der Waals surface area contributed by atoms with Gasteiger partial charge in [0.05, 0.1) is 12.2 Å². The van der Waals surface area contributed by atoms with E-state index in [1.807, 2.05) is 24.0 Å². The number of aryl methyl sites for hydroxylation is 1. The van der Waals surface area contributed by atoms with Crippen molar-refractivity contribution in [3.63, 3.8) is 0 Å². The van der Waals surface area contributed by atoms with Gasteiger partial charge in [0.15, 0.2) is 6.10 Å². The number of fused-ring (bicyclic) bond motifs is 1. The second-order valence-electron chi connectivity index (χ2n) is 7.90. The van der Waals surface area contributed by atoms with Gasteiger partial charge in [-0.2, -0.15) is 0 Å². The van der Waals surface area contributed by atoms with E-state index in [0.717, 1.165) is 43.3 Å². The van der Waals surface area contributed by atoms with Gasteiger partial charge < -0.3 is 24.1 Å². The van der Waals surface area contributed by atoms with Gasteiger partial charge in [0.1, 0.15) is 11.3 Å². The molecule has 164 valence electrons. The predicted octanol–water partition coefficient (Wildman–Crippen LogP) is 2.53. The number of piperidine rings is 1. The summed E-state index contributed by atoms with van der Waals surface area (Å²) in [5, 5.41) is 4.23. The molecule has 1 atom stereocenters. The van der Waals surface area contributed by atoms with Gasteiger partial charge in [0, 0.05) is 30.6 Å². The van der Waals surface area contributed by atoms with Crippen molar-refractivity contribution in [3.8, 4) is 5.75 Å². The third-order valence-corrected chi connectivity index (χ3v) is 5.92. The van der Waals surface area contributed by atoms with Crippen LogP contribution in [-0.2, 0) is 16.0 Å². The third-order valence-electron chi connectivity index (χ3n) is 5.92. The average Bonchev–Trinajstić information content (AvgIpc) is 2.72. The zero-order chi connectivity index (χ0) is 20.4. The molecule has 8 heteroatoms. The maximum Gasteiger partial charge on any atom is 0.336 e. The molecule has 0 radical (unpaired) electrons. The van der Waals surface area contributed by atoms with Crippen LogP contribution in [-0.4, -0.2) is 55.3 Å². The van der Waals surface area contributed by atoms with E-state index in [1.165, 1.54) is 6.07 Å². The lowest BCUT2D eigenvalue weighted by atomic mass is 9.90. The van der Waals surface area contributed by atoms with Crippen LogP contribution in [0.5, 0.6) is 5.75 Å². The van der Waals surface area contributed by atoms with Crippen molar-refractivity contribution in [1.29, 1.82) is 0 Å². The lowest BCUT2D eigenvalue weighted by molar-refractivity contribution is -0.160. The highest BCUT2D eigenvalue weighted by Gasteiger charge is 2.40. The Morgan fingerprint density at radius 2 is 2.07 bits per heavy atom. The first kappa shape index (κ1) is 22.6. The van der Waals surface area contributed by atoms with Gasteiger partial charge in [-0.3, -0.25) is 4.79 Å². The Hall–Kier alpha value is -2.09. The van der Waals surface area contributed by atoms with Crippen molar-refractivity contribution in [2.75, 3.05) is 32.8 Å². The van der Waals surface area contributed by atoms with E-state index in [2.05, 4.69) is 5.32 Å². The largest absolute Gasteiger partial charge is 0.481 e. The molecule has 1 N–H and O–H groups in total. The summed E-state index contributed by atoms with van der Waals surface area (Å²) in [6.45, 7) is 7.32. The second-order valence-corrected chi connectivity index (χ2v) is 7.90. The third kappa shape index (κ3) is 4.63. The highest BCUT2D eigenvalue weighted by molar-refractivity contribution is 5.85. The molecule has 2 aromatic rings. The molecule has 2 saturated heterocycles. The van der Waals surface area contributed by atoms with E-state index in [9.17, 15) is 9.59 Å². The number of hydrogen-bond donors (Lipinski definition) is 1. The maximum absolute atomic E-state index is 13.0. The average molecular weight is 437 g/mol. The Labute approximate surface area is 182 Å². The smallest absolute Gasteiger partial charge is 0.336 e. The summed E-state index contributed by atoms with van der Waals surface area (Å²) in [6.07, 6.45) is 1.93. The fraction of sp³-hybridized carbons (Fsp3) is 0.545. The molecule has 1 aromatic heterocycles. The first-order chi connectivity index (χ1) is 14.0. The normalized spacial score (nSPS) is 19.3. The summed E-state index contributed by atoms with van der Waals surface area (Å²) in [6, 6.07) is 6.90. The molecule has 4 rings (SSSR count). The van der Waals surface area contributed by atoms with Crippen LogP contribution in [0.1, 0.15) is 32.3 Å². The van der Waals surface area contributed by atoms with Crippen molar-refractivity contribution in [3.05, 3.63) is 40.2 Å². The summed E-state index contributed by atoms with van der Waals surface area (Å²) in [5.41, 5.74) is 0.803. The van der Waals surface area contributed by atoms with Crippen molar-refractivity contribution >= 4 is 29.3 Å². The van der Waals surface area contributed by atoms with E-state index in [0.29, 0.717) is 31.0 Å². The first-order valence-electron chi connectivity index (χ1n) is 10.4. The molecule has 1 amide bonds. The molecule has 0 saturated carbocycles. The summed E-state index contributed by atoms with van der Waals surface area (Å²) in [4.78, 5) is 26.6. The summed E-state index contributed by atoms with van der Waals surface area (Å²) in [5.74, 6) is 0.467. The van der Waals surface area contributed by atoms with E-state index < -0.39 is 6.10 Å². The number of benzene rings is 1. The second kappa shape index (κ2) is 9.37.